The number of hydrogen-bond acceptors (Lipinski definition) is 5. The van der Waals surface area contributed by atoms with Gasteiger partial charge >= 0.3 is 0 Å². The van der Waals surface area contributed by atoms with Gasteiger partial charge in [0.1, 0.15) is 22.4 Å². The third kappa shape index (κ3) is 3.29. The molecule has 0 aliphatic carbocycles. The normalized spacial score (nSPS) is 18.4. The molecule has 1 amide bonds. The van der Waals surface area contributed by atoms with E-state index in [9.17, 15) is 17.6 Å². The second kappa shape index (κ2) is 6.57. The van der Waals surface area contributed by atoms with E-state index in [4.69, 9.17) is 4.52 Å². The second-order valence-electron chi connectivity index (χ2n) is 5.92. The first-order valence-corrected chi connectivity index (χ1v) is 9.26. The zero-order chi connectivity index (χ0) is 18.2. The Kier molecular flexibility index (Phi) is 4.61. The lowest BCUT2D eigenvalue weighted by Crippen LogP contribution is -2.43. The van der Waals surface area contributed by atoms with E-state index >= 15 is 0 Å². The molecule has 7 nitrogen and oxygen atoms in total. The lowest BCUT2D eigenvalue weighted by Gasteiger charge is -2.23. The Hall–Kier alpha value is -2.26. The molecule has 9 heteroatoms. The highest BCUT2D eigenvalue weighted by Gasteiger charge is 2.41. The minimum Gasteiger partial charge on any atom is -0.360 e. The number of carbonyl (C=O) groups excluding carboxylic acids is 1. The van der Waals surface area contributed by atoms with Gasteiger partial charge in [-0.2, -0.15) is 4.31 Å². The molecule has 0 spiro atoms. The van der Waals surface area contributed by atoms with Crippen LogP contribution in [0.5, 0.6) is 0 Å². The van der Waals surface area contributed by atoms with E-state index in [0.717, 1.165) is 0 Å². The molecular weight excluding hydrogens is 349 g/mol. The maximum absolute atomic E-state index is 13.0. The van der Waals surface area contributed by atoms with Crippen molar-refractivity contribution in [3.63, 3.8) is 0 Å². The topological polar surface area (TPSA) is 92.5 Å². The monoisotopic (exact) mass is 367 g/mol. The summed E-state index contributed by atoms with van der Waals surface area (Å²) in [7, 11) is -3.89. The van der Waals surface area contributed by atoms with Crippen LogP contribution in [0.4, 0.5) is 10.1 Å². The van der Waals surface area contributed by atoms with Crippen molar-refractivity contribution < 1.29 is 22.1 Å². The van der Waals surface area contributed by atoms with Crippen LogP contribution in [0.3, 0.4) is 0 Å². The zero-order valence-electron chi connectivity index (χ0n) is 13.8. The highest BCUT2D eigenvalue weighted by Crippen LogP contribution is 2.30. The Morgan fingerprint density at radius 1 is 1.32 bits per heavy atom. The summed E-state index contributed by atoms with van der Waals surface area (Å²) in [6.45, 7) is 3.32. The van der Waals surface area contributed by atoms with E-state index in [1.807, 2.05) is 0 Å². The summed E-state index contributed by atoms with van der Waals surface area (Å²) in [4.78, 5) is 12.6. The number of amides is 1. The predicted octanol–water partition coefficient (Wildman–Crippen LogP) is 2.22. The molecular formula is C16H18FN3O4S. The first-order chi connectivity index (χ1) is 11.8. The minimum absolute atomic E-state index is 0.00832. The van der Waals surface area contributed by atoms with Crippen LogP contribution >= 0.6 is 0 Å². The van der Waals surface area contributed by atoms with Gasteiger partial charge in [0.15, 0.2) is 5.76 Å². The molecule has 1 aliphatic rings. The van der Waals surface area contributed by atoms with Gasteiger partial charge < -0.3 is 9.84 Å². The summed E-state index contributed by atoms with van der Waals surface area (Å²) in [5.74, 6) is -0.664. The van der Waals surface area contributed by atoms with Crippen LogP contribution in [0.25, 0.3) is 0 Å². The average Bonchev–Trinajstić information content (AvgIpc) is 3.17. The Bertz CT molecular complexity index is 873. The van der Waals surface area contributed by atoms with Crippen LogP contribution in [0.15, 0.2) is 33.7 Å². The first kappa shape index (κ1) is 17.6. The van der Waals surface area contributed by atoms with Gasteiger partial charge in [-0.25, -0.2) is 12.8 Å². The van der Waals surface area contributed by atoms with E-state index in [2.05, 4.69) is 10.5 Å². The second-order valence-corrected chi connectivity index (χ2v) is 7.75. The average molecular weight is 367 g/mol. The number of aromatic nitrogens is 1. The van der Waals surface area contributed by atoms with Crippen LogP contribution in [-0.2, 0) is 14.8 Å². The summed E-state index contributed by atoms with van der Waals surface area (Å²) in [5.41, 5.74) is 0.676. The summed E-state index contributed by atoms with van der Waals surface area (Å²) in [6, 6.07) is 4.47. The standard InChI is InChI=1S/C16H18FN3O4S/c1-10-15(11(2)24-19-10)25(22,23)20-9-3-4-14(20)16(21)18-13-7-5-12(17)6-8-13/h5-8,14H,3-4,9H2,1-2H3,(H,18,21). The molecule has 1 atom stereocenters. The van der Waals surface area contributed by atoms with Gasteiger partial charge in [0.2, 0.25) is 15.9 Å². The Balaban J connectivity index is 1.85. The van der Waals surface area contributed by atoms with Crippen molar-refractivity contribution in [3.05, 3.63) is 41.5 Å². The van der Waals surface area contributed by atoms with Gasteiger partial charge in [-0.3, -0.25) is 4.79 Å². The number of halogens is 1. The van der Waals surface area contributed by atoms with E-state index in [1.165, 1.54) is 35.5 Å². The number of nitrogens with zero attached hydrogens (tertiary/aromatic N) is 2. The molecule has 3 rings (SSSR count). The lowest BCUT2D eigenvalue weighted by atomic mass is 10.2. The van der Waals surface area contributed by atoms with E-state index in [-0.39, 0.29) is 22.9 Å². The number of sulfonamides is 1. The highest BCUT2D eigenvalue weighted by atomic mass is 32.2. The first-order valence-electron chi connectivity index (χ1n) is 7.82. The lowest BCUT2D eigenvalue weighted by molar-refractivity contribution is -0.119. The number of carbonyl (C=O) groups is 1. The van der Waals surface area contributed by atoms with Gasteiger partial charge in [0.05, 0.1) is 0 Å². The van der Waals surface area contributed by atoms with Gasteiger partial charge in [-0.1, -0.05) is 5.16 Å². The Morgan fingerprint density at radius 2 is 2.00 bits per heavy atom. The van der Waals surface area contributed by atoms with Crippen molar-refractivity contribution in [2.75, 3.05) is 11.9 Å². The molecule has 0 bridgehead atoms. The molecule has 1 aromatic heterocycles. The third-order valence-electron chi connectivity index (χ3n) is 4.15. The van der Waals surface area contributed by atoms with Crippen molar-refractivity contribution >= 4 is 21.6 Å². The molecule has 1 N–H and O–H groups in total. The summed E-state index contributed by atoms with van der Waals surface area (Å²) in [6.07, 6.45) is 0.986. The van der Waals surface area contributed by atoms with Crippen LogP contribution < -0.4 is 5.32 Å². The molecule has 1 aromatic carbocycles. The van der Waals surface area contributed by atoms with Crippen molar-refractivity contribution in [3.8, 4) is 0 Å². The molecule has 1 fully saturated rings. The SMILES string of the molecule is Cc1noc(C)c1S(=O)(=O)N1CCCC1C(=O)Nc1ccc(F)cc1. The molecule has 1 saturated heterocycles. The third-order valence-corrected chi connectivity index (χ3v) is 6.31. The van der Waals surface area contributed by atoms with Crippen molar-refractivity contribution in [2.24, 2.45) is 0 Å². The fraction of sp³-hybridized carbons (Fsp3) is 0.375. The summed E-state index contributed by atoms with van der Waals surface area (Å²) in [5, 5.41) is 6.32. The van der Waals surface area contributed by atoms with Crippen LogP contribution in [0.1, 0.15) is 24.3 Å². The molecule has 2 heterocycles. The van der Waals surface area contributed by atoms with Gasteiger partial charge in [0.25, 0.3) is 0 Å². The fourth-order valence-electron chi connectivity index (χ4n) is 3.01. The van der Waals surface area contributed by atoms with Gasteiger partial charge in [0, 0.05) is 12.2 Å². The molecule has 2 aromatic rings. The van der Waals surface area contributed by atoms with Gasteiger partial charge in [-0.05, 0) is 51.0 Å². The van der Waals surface area contributed by atoms with Crippen LogP contribution in [0, 0.1) is 19.7 Å². The quantitative estimate of drug-likeness (QED) is 0.894. The minimum atomic E-state index is -3.89. The van der Waals surface area contributed by atoms with E-state index in [1.54, 1.807) is 6.92 Å². The van der Waals surface area contributed by atoms with Crippen LogP contribution in [-0.4, -0.2) is 36.4 Å². The number of benzene rings is 1. The molecule has 0 radical (unpaired) electrons. The van der Waals surface area contributed by atoms with E-state index < -0.39 is 27.8 Å². The molecule has 25 heavy (non-hydrogen) atoms. The number of rotatable bonds is 4. The van der Waals surface area contributed by atoms with Gasteiger partial charge in [-0.15, -0.1) is 0 Å². The Labute approximate surface area is 144 Å². The van der Waals surface area contributed by atoms with Crippen molar-refractivity contribution in [1.82, 2.24) is 9.46 Å². The number of anilines is 1. The van der Waals surface area contributed by atoms with Crippen LogP contribution in [0.2, 0.25) is 0 Å². The summed E-state index contributed by atoms with van der Waals surface area (Å²) < 4.78 is 45.0. The molecule has 0 saturated carbocycles. The molecule has 134 valence electrons. The predicted molar refractivity (Wildman–Crippen MR) is 87.9 cm³/mol. The number of hydrogen-bond donors (Lipinski definition) is 1. The number of aryl methyl sites for hydroxylation is 2. The number of nitrogens with one attached hydrogen (secondary N) is 1. The largest absolute Gasteiger partial charge is 0.360 e. The highest BCUT2D eigenvalue weighted by molar-refractivity contribution is 7.89. The molecule has 1 unspecified atom stereocenters. The smallest absolute Gasteiger partial charge is 0.249 e. The summed E-state index contributed by atoms with van der Waals surface area (Å²) >= 11 is 0. The maximum Gasteiger partial charge on any atom is 0.249 e. The van der Waals surface area contributed by atoms with Crippen molar-refractivity contribution in [1.29, 1.82) is 0 Å². The zero-order valence-corrected chi connectivity index (χ0v) is 14.6. The molecule has 1 aliphatic heterocycles. The van der Waals surface area contributed by atoms with E-state index in [0.29, 0.717) is 18.5 Å². The fourth-order valence-corrected chi connectivity index (χ4v) is 4.96. The van der Waals surface area contributed by atoms with Crippen molar-refractivity contribution in [2.45, 2.75) is 37.6 Å². The Morgan fingerprint density at radius 3 is 2.60 bits per heavy atom. The maximum atomic E-state index is 13.0.